The third kappa shape index (κ3) is 4.40. The highest BCUT2D eigenvalue weighted by atomic mass is 32.1. The van der Waals surface area contributed by atoms with E-state index in [1.165, 1.54) is 0 Å². The molecular weight excluding hydrogens is 208 g/mol. The van der Waals surface area contributed by atoms with Crippen molar-refractivity contribution in [3.8, 4) is 0 Å². The Kier molecular flexibility index (Phi) is 4.71. The summed E-state index contributed by atoms with van der Waals surface area (Å²) in [6.07, 6.45) is 2.73. The molecule has 4 nitrogen and oxygen atoms in total. The lowest BCUT2D eigenvalue weighted by Crippen LogP contribution is -2.27. The lowest BCUT2D eigenvalue weighted by atomic mass is 10.3. The van der Waals surface area contributed by atoms with Crippen LogP contribution in [0.1, 0.15) is 19.0 Å². The molecule has 0 saturated heterocycles. The van der Waals surface area contributed by atoms with Gasteiger partial charge in [-0.3, -0.25) is 9.58 Å². The zero-order valence-corrected chi connectivity index (χ0v) is 10.1. The summed E-state index contributed by atoms with van der Waals surface area (Å²) in [5.41, 5.74) is 6.56. The molecule has 0 aromatic carbocycles. The minimum atomic E-state index is 0.578. The number of aryl methyl sites for hydroxylation is 1. The number of aromatic nitrogens is 2. The maximum atomic E-state index is 5.48. The molecule has 0 unspecified atom stereocenters. The van der Waals surface area contributed by atoms with Gasteiger partial charge in [-0.1, -0.05) is 19.1 Å². The van der Waals surface area contributed by atoms with Crippen LogP contribution in [0.5, 0.6) is 0 Å². The highest BCUT2D eigenvalue weighted by Gasteiger charge is 2.05. The Bertz CT molecular complexity index is 321. The second-order valence-electron chi connectivity index (χ2n) is 3.57. The molecule has 0 fully saturated rings. The van der Waals surface area contributed by atoms with Crippen LogP contribution < -0.4 is 5.73 Å². The third-order valence-electron chi connectivity index (χ3n) is 2.28. The zero-order valence-electron chi connectivity index (χ0n) is 9.31. The van der Waals surface area contributed by atoms with Gasteiger partial charge in [-0.2, -0.15) is 5.10 Å². The maximum absolute atomic E-state index is 5.48. The molecule has 1 aromatic rings. The van der Waals surface area contributed by atoms with E-state index in [9.17, 15) is 0 Å². The number of rotatable bonds is 6. The van der Waals surface area contributed by atoms with E-state index in [1.807, 2.05) is 24.0 Å². The predicted octanol–water partition coefficient (Wildman–Crippen LogP) is 0.918. The average Bonchev–Trinajstić information content (AvgIpc) is 2.58. The first-order chi connectivity index (χ1) is 7.11. The number of nitrogens with two attached hydrogens (primary N) is 1. The van der Waals surface area contributed by atoms with Crippen molar-refractivity contribution in [2.24, 2.45) is 12.8 Å². The summed E-state index contributed by atoms with van der Waals surface area (Å²) in [5.74, 6) is 0. The van der Waals surface area contributed by atoms with Crippen molar-refractivity contribution in [3.05, 3.63) is 18.0 Å². The molecule has 0 amide bonds. The van der Waals surface area contributed by atoms with Gasteiger partial charge in [0.25, 0.3) is 0 Å². The van der Waals surface area contributed by atoms with Gasteiger partial charge >= 0.3 is 0 Å². The first kappa shape index (κ1) is 12.1. The van der Waals surface area contributed by atoms with Gasteiger partial charge in [0.1, 0.15) is 0 Å². The van der Waals surface area contributed by atoms with Crippen LogP contribution in [-0.2, 0) is 13.6 Å². The normalized spacial score (nSPS) is 10.9. The van der Waals surface area contributed by atoms with Gasteiger partial charge in [0.15, 0.2) is 0 Å². The molecule has 1 heterocycles. The zero-order chi connectivity index (χ0) is 11.3. The van der Waals surface area contributed by atoms with Gasteiger partial charge in [0, 0.05) is 32.8 Å². The monoisotopic (exact) mass is 226 g/mol. The Hall–Kier alpha value is -0.940. The fourth-order valence-electron chi connectivity index (χ4n) is 1.39. The molecule has 84 valence electrons. The number of hydrogen-bond acceptors (Lipinski definition) is 3. The molecular formula is C10H18N4S. The van der Waals surface area contributed by atoms with Crippen LogP contribution in [0.2, 0.25) is 0 Å². The number of nitrogens with zero attached hydrogens (tertiary/aromatic N) is 3. The molecule has 0 aliphatic heterocycles. The highest BCUT2D eigenvalue weighted by Crippen LogP contribution is 2.02. The van der Waals surface area contributed by atoms with E-state index in [2.05, 4.69) is 16.9 Å². The minimum absolute atomic E-state index is 0.578. The molecule has 15 heavy (non-hydrogen) atoms. The minimum Gasteiger partial charge on any atom is -0.393 e. The molecule has 1 rings (SSSR count). The molecule has 1 aromatic heterocycles. The topological polar surface area (TPSA) is 47.1 Å². The van der Waals surface area contributed by atoms with E-state index in [0.29, 0.717) is 4.99 Å². The maximum Gasteiger partial charge on any atom is 0.0764 e. The predicted molar refractivity (Wildman–Crippen MR) is 65.6 cm³/mol. The van der Waals surface area contributed by atoms with Crippen LogP contribution in [-0.4, -0.2) is 32.8 Å². The van der Waals surface area contributed by atoms with Crippen LogP contribution >= 0.6 is 12.2 Å². The van der Waals surface area contributed by atoms with Crippen LogP contribution in [0.25, 0.3) is 0 Å². The van der Waals surface area contributed by atoms with E-state index < -0.39 is 0 Å². The standard InChI is InChI=1S/C10H18N4S/c1-3-14(7-5-10(11)15)8-9-4-6-13(2)12-9/h4,6H,3,5,7-8H2,1-2H3,(H2,11,15). The summed E-state index contributed by atoms with van der Waals surface area (Å²) in [4.78, 5) is 2.86. The first-order valence-electron chi connectivity index (χ1n) is 5.11. The van der Waals surface area contributed by atoms with Crippen molar-refractivity contribution in [1.29, 1.82) is 0 Å². The smallest absolute Gasteiger partial charge is 0.0764 e. The Labute approximate surface area is 96.1 Å². The molecule has 0 saturated carbocycles. The quantitative estimate of drug-likeness (QED) is 0.733. The molecule has 5 heteroatoms. The molecule has 2 N–H and O–H groups in total. The first-order valence-corrected chi connectivity index (χ1v) is 5.51. The largest absolute Gasteiger partial charge is 0.393 e. The van der Waals surface area contributed by atoms with Crippen molar-refractivity contribution in [2.75, 3.05) is 13.1 Å². The van der Waals surface area contributed by atoms with Crippen molar-refractivity contribution in [3.63, 3.8) is 0 Å². The van der Waals surface area contributed by atoms with Crippen LogP contribution in [0.4, 0.5) is 0 Å². The molecule has 0 bridgehead atoms. The van der Waals surface area contributed by atoms with Crippen LogP contribution in [0.15, 0.2) is 12.3 Å². The van der Waals surface area contributed by atoms with Crippen molar-refractivity contribution in [2.45, 2.75) is 19.9 Å². The summed E-state index contributed by atoms with van der Waals surface area (Å²) in [5, 5.41) is 4.34. The Morgan fingerprint density at radius 2 is 2.40 bits per heavy atom. The van der Waals surface area contributed by atoms with Crippen molar-refractivity contribution in [1.82, 2.24) is 14.7 Å². The second kappa shape index (κ2) is 5.82. The van der Waals surface area contributed by atoms with Gasteiger partial charge in [0.2, 0.25) is 0 Å². The van der Waals surface area contributed by atoms with Gasteiger partial charge in [-0.05, 0) is 12.6 Å². The second-order valence-corrected chi connectivity index (χ2v) is 4.09. The van der Waals surface area contributed by atoms with Gasteiger partial charge < -0.3 is 5.73 Å². The summed E-state index contributed by atoms with van der Waals surface area (Å²) in [6, 6.07) is 2.03. The van der Waals surface area contributed by atoms with Crippen LogP contribution in [0.3, 0.4) is 0 Å². The van der Waals surface area contributed by atoms with E-state index in [0.717, 1.165) is 31.7 Å². The Morgan fingerprint density at radius 1 is 1.67 bits per heavy atom. The molecule has 0 aliphatic carbocycles. The van der Waals surface area contributed by atoms with Gasteiger partial charge in [-0.25, -0.2) is 0 Å². The lowest BCUT2D eigenvalue weighted by molar-refractivity contribution is 0.284. The van der Waals surface area contributed by atoms with Gasteiger partial charge in [-0.15, -0.1) is 0 Å². The summed E-state index contributed by atoms with van der Waals surface area (Å²) in [6.45, 7) is 4.88. The number of hydrogen-bond donors (Lipinski definition) is 1. The van der Waals surface area contributed by atoms with Crippen molar-refractivity contribution >= 4 is 17.2 Å². The molecule has 0 aliphatic rings. The van der Waals surface area contributed by atoms with E-state index in [4.69, 9.17) is 18.0 Å². The molecule has 0 radical (unpaired) electrons. The van der Waals surface area contributed by atoms with Crippen molar-refractivity contribution < 1.29 is 0 Å². The van der Waals surface area contributed by atoms with E-state index >= 15 is 0 Å². The third-order valence-corrected chi connectivity index (χ3v) is 2.48. The summed E-state index contributed by atoms with van der Waals surface area (Å²) < 4.78 is 1.82. The molecule has 0 atom stereocenters. The number of thiocarbonyl (C=S) groups is 1. The summed E-state index contributed by atoms with van der Waals surface area (Å²) >= 11 is 4.86. The fourth-order valence-corrected chi connectivity index (χ4v) is 1.49. The van der Waals surface area contributed by atoms with Crippen LogP contribution in [0, 0.1) is 0 Å². The lowest BCUT2D eigenvalue weighted by Gasteiger charge is -2.18. The Morgan fingerprint density at radius 3 is 2.87 bits per heavy atom. The Balaban J connectivity index is 2.42. The van der Waals surface area contributed by atoms with E-state index in [1.54, 1.807) is 0 Å². The summed E-state index contributed by atoms with van der Waals surface area (Å²) in [7, 11) is 1.93. The van der Waals surface area contributed by atoms with Gasteiger partial charge in [0.05, 0.1) is 10.7 Å². The fraction of sp³-hybridized carbons (Fsp3) is 0.600. The highest BCUT2D eigenvalue weighted by molar-refractivity contribution is 7.80. The molecule has 0 spiro atoms. The SMILES string of the molecule is CCN(CCC(N)=S)Cc1ccn(C)n1. The van der Waals surface area contributed by atoms with E-state index in [-0.39, 0.29) is 0 Å². The average molecular weight is 226 g/mol.